The summed E-state index contributed by atoms with van der Waals surface area (Å²) in [6.07, 6.45) is 7.21. The van der Waals surface area contributed by atoms with Crippen molar-refractivity contribution in [2.75, 3.05) is 32.0 Å². The van der Waals surface area contributed by atoms with Gasteiger partial charge in [-0.3, -0.25) is 4.90 Å². The molecule has 3 rings (SSSR count). The van der Waals surface area contributed by atoms with Gasteiger partial charge in [-0.2, -0.15) is 0 Å². The van der Waals surface area contributed by atoms with E-state index in [0.29, 0.717) is 0 Å². The molecular weight excluding hydrogens is 248 g/mol. The standard InChI is InChI=1S/C17H26N2O/c18-16-5-7-17(8-6-16)20-12-11-19-10-9-14-3-1-2-4-15(14)13-19/h5-8,14-15H,1-4,9-13,18H2. The summed E-state index contributed by atoms with van der Waals surface area (Å²) in [7, 11) is 0. The normalized spacial score (nSPS) is 27.0. The van der Waals surface area contributed by atoms with Crippen molar-refractivity contribution in [3.05, 3.63) is 24.3 Å². The van der Waals surface area contributed by atoms with Crippen molar-refractivity contribution >= 4 is 5.69 Å². The van der Waals surface area contributed by atoms with E-state index in [1.165, 1.54) is 45.2 Å². The molecule has 3 heteroatoms. The third-order valence-electron chi connectivity index (χ3n) is 4.93. The molecule has 2 N–H and O–H groups in total. The number of fused-ring (bicyclic) bond motifs is 1. The number of nitrogens with zero attached hydrogens (tertiary/aromatic N) is 1. The van der Waals surface area contributed by atoms with Gasteiger partial charge in [0.2, 0.25) is 0 Å². The Bertz CT molecular complexity index is 418. The topological polar surface area (TPSA) is 38.5 Å². The van der Waals surface area contributed by atoms with Gasteiger partial charge in [0.25, 0.3) is 0 Å². The Labute approximate surface area is 122 Å². The van der Waals surface area contributed by atoms with Gasteiger partial charge < -0.3 is 10.5 Å². The zero-order chi connectivity index (χ0) is 13.8. The third-order valence-corrected chi connectivity index (χ3v) is 4.93. The summed E-state index contributed by atoms with van der Waals surface area (Å²) in [4.78, 5) is 2.59. The second kappa shape index (κ2) is 6.49. The Morgan fingerprint density at radius 1 is 1.05 bits per heavy atom. The summed E-state index contributed by atoms with van der Waals surface area (Å²) in [6, 6.07) is 7.68. The molecule has 0 spiro atoms. The molecule has 2 fully saturated rings. The van der Waals surface area contributed by atoms with E-state index < -0.39 is 0 Å². The fourth-order valence-corrected chi connectivity index (χ4v) is 3.74. The second-order valence-electron chi connectivity index (χ2n) is 6.31. The minimum absolute atomic E-state index is 0.779. The molecule has 1 aromatic rings. The van der Waals surface area contributed by atoms with Gasteiger partial charge in [-0.1, -0.05) is 19.3 Å². The van der Waals surface area contributed by atoms with Crippen LogP contribution in [0.4, 0.5) is 5.69 Å². The highest BCUT2D eigenvalue weighted by atomic mass is 16.5. The molecule has 1 saturated heterocycles. The first-order valence-corrected chi connectivity index (χ1v) is 8.02. The lowest BCUT2D eigenvalue weighted by Crippen LogP contribution is -2.43. The predicted octanol–water partition coefficient (Wildman–Crippen LogP) is 3.16. The zero-order valence-corrected chi connectivity index (χ0v) is 12.3. The molecule has 0 amide bonds. The van der Waals surface area contributed by atoms with Crippen LogP contribution in [0.15, 0.2) is 24.3 Å². The van der Waals surface area contributed by atoms with E-state index in [4.69, 9.17) is 10.5 Å². The van der Waals surface area contributed by atoms with Gasteiger partial charge in [-0.15, -0.1) is 0 Å². The van der Waals surface area contributed by atoms with E-state index in [1.807, 2.05) is 24.3 Å². The van der Waals surface area contributed by atoms with Gasteiger partial charge in [-0.25, -0.2) is 0 Å². The van der Waals surface area contributed by atoms with Crippen LogP contribution < -0.4 is 10.5 Å². The van der Waals surface area contributed by atoms with E-state index in [2.05, 4.69) is 4.90 Å². The minimum atomic E-state index is 0.779. The SMILES string of the molecule is Nc1ccc(OCCN2CCC3CCCCC3C2)cc1. The van der Waals surface area contributed by atoms with Crippen molar-refractivity contribution in [1.29, 1.82) is 0 Å². The summed E-state index contributed by atoms with van der Waals surface area (Å²) in [5.41, 5.74) is 6.46. The third kappa shape index (κ3) is 3.45. The molecule has 20 heavy (non-hydrogen) atoms. The lowest BCUT2D eigenvalue weighted by atomic mass is 9.75. The molecule has 0 aromatic heterocycles. The molecule has 2 unspecified atom stereocenters. The Hall–Kier alpha value is -1.22. The molecular formula is C17H26N2O. The van der Waals surface area contributed by atoms with Gasteiger partial charge in [0.15, 0.2) is 0 Å². The summed E-state index contributed by atoms with van der Waals surface area (Å²) in [5, 5.41) is 0. The number of nitrogen functional groups attached to an aromatic ring is 1. The van der Waals surface area contributed by atoms with Crippen LogP contribution in [-0.4, -0.2) is 31.1 Å². The van der Waals surface area contributed by atoms with Crippen LogP contribution in [0.3, 0.4) is 0 Å². The largest absolute Gasteiger partial charge is 0.492 e. The Kier molecular flexibility index (Phi) is 4.46. The van der Waals surface area contributed by atoms with Crippen LogP contribution in [0.2, 0.25) is 0 Å². The van der Waals surface area contributed by atoms with Gasteiger partial charge in [0.1, 0.15) is 12.4 Å². The van der Waals surface area contributed by atoms with Crippen LogP contribution in [0.25, 0.3) is 0 Å². The Balaban J connectivity index is 1.41. The number of hydrogen-bond acceptors (Lipinski definition) is 3. The second-order valence-corrected chi connectivity index (χ2v) is 6.31. The number of benzene rings is 1. The highest BCUT2D eigenvalue weighted by molar-refractivity contribution is 5.41. The van der Waals surface area contributed by atoms with Crippen molar-refractivity contribution in [3.63, 3.8) is 0 Å². The maximum atomic E-state index is 5.80. The molecule has 3 nitrogen and oxygen atoms in total. The van der Waals surface area contributed by atoms with Gasteiger partial charge in [0, 0.05) is 18.8 Å². The number of piperidine rings is 1. The number of hydrogen-bond donors (Lipinski definition) is 1. The summed E-state index contributed by atoms with van der Waals surface area (Å²) < 4.78 is 5.80. The fourth-order valence-electron chi connectivity index (χ4n) is 3.74. The van der Waals surface area contributed by atoms with E-state index in [1.54, 1.807) is 0 Å². The van der Waals surface area contributed by atoms with Crippen molar-refractivity contribution in [2.45, 2.75) is 32.1 Å². The molecule has 0 bridgehead atoms. The fraction of sp³-hybridized carbons (Fsp3) is 0.647. The first kappa shape index (κ1) is 13.7. The van der Waals surface area contributed by atoms with Crippen molar-refractivity contribution < 1.29 is 4.74 Å². The quantitative estimate of drug-likeness (QED) is 0.857. The minimum Gasteiger partial charge on any atom is -0.492 e. The number of rotatable bonds is 4. The molecule has 2 aliphatic rings. The van der Waals surface area contributed by atoms with E-state index in [-0.39, 0.29) is 0 Å². The van der Waals surface area contributed by atoms with E-state index in [0.717, 1.165) is 36.4 Å². The predicted molar refractivity (Wildman–Crippen MR) is 82.9 cm³/mol. The summed E-state index contributed by atoms with van der Waals surface area (Å²) >= 11 is 0. The Morgan fingerprint density at radius 3 is 2.60 bits per heavy atom. The van der Waals surface area contributed by atoms with Gasteiger partial charge in [-0.05, 0) is 55.5 Å². The highest BCUT2D eigenvalue weighted by Gasteiger charge is 2.30. The smallest absolute Gasteiger partial charge is 0.119 e. The maximum absolute atomic E-state index is 5.80. The summed E-state index contributed by atoms with van der Waals surface area (Å²) in [5.74, 6) is 2.89. The molecule has 1 aliphatic carbocycles. The highest BCUT2D eigenvalue weighted by Crippen LogP contribution is 2.35. The lowest BCUT2D eigenvalue weighted by Gasteiger charge is -2.41. The van der Waals surface area contributed by atoms with Crippen LogP contribution in [0.1, 0.15) is 32.1 Å². The zero-order valence-electron chi connectivity index (χ0n) is 12.3. The molecule has 110 valence electrons. The first-order valence-electron chi connectivity index (χ1n) is 8.02. The monoisotopic (exact) mass is 274 g/mol. The number of likely N-dealkylation sites (tertiary alicyclic amines) is 1. The van der Waals surface area contributed by atoms with E-state index >= 15 is 0 Å². The van der Waals surface area contributed by atoms with Gasteiger partial charge >= 0.3 is 0 Å². The van der Waals surface area contributed by atoms with Crippen LogP contribution >= 0.6 is 0 Å². The molecule has 1 aromatic carbocycles. The lowest BCUT2D eigenvalue weighted by molar-refractivity contribution is 0.0766. The molecule has 1 aliphatic heterocycles. The van der Waals surface area contributed by atoms with Crippen molar-refractivity contribution in [1.82, 2.24) is 4.90 Å². The molecule has 0 radical (unpaired) electrons. The van der Waals surface area contributed by atoms with Crippen LogP contribution in [0, 0.1) is 11.8 Å². The average molecular weight is 274 g/mol. The van der Waals surface area contributed by atoms with Crippen LogP contribution in [-0.2, 0) is 0 Å². The van der Waals surface area contributed by atoms with E-state index in [9.17, 15) is 0 Å². The van der Waals surface area contributed by atoms with Crippen molar-refractivity contribution in [3.8, 4) is 5.75 Å². The molecule has 1 heterocycles. The Morgan fingerprint density at radius 2 is 1.80 bits per heavy atom. The summed E-state index contributed by atoms with van der Waals surface area (Å²) in [6.45, 7) is 4.37. The molecule has 2 atom stereocenters. The maximum Gasteiger partial charge on any atom is 0.119 e. The number of anilines is 1. The van der Waals surface area contributed by atoms with Crippen molar-refractivity contribution in [2.24, 2.45) is 11.8 Å². The number of nitrogens with two attached hydrogens (primary N) is 1. The molecule has 1 saturated carbocycles. The van der Waals surface area contributed by atoms with Gasteiger partial charge in [0.05, 0.1) is 0 Å². The number of ether oxygens (including phenoxy) is 1. The van der Waals surface area contributed by atoms with Crippen LogP contribution in [0.5, 0.6) is 5.75 Å². The first-order chi connectivity index (χ1) is 9.81. The average Bonchev–Trinajstić information content (AvgIpc) is 2.49.